The molecular formula is C28H27N5O4S. The third kappa shape index (κ3) is 5.35. The van der Waals surface area contributed by atoms with Crippen molar-refractivity contribution in [2.45, 2.75) is 19.0 Å². The first-order valence-corrected chi connectivity index (χ1v) is 13.3. The summed E-state index contributed by atoms with van der Waals surface area (Å²) in [5, 5.41) is 12.3. The van der Waals surface area contributed by atoms with E-state index in [1.54, 1.807) is 29.2 Å². The number of fused-ring (bicyclic) bond motifs is 1. The average molecular weight is 530 g/mol. The van der Waals surface area contributed by atoms with Crippen LogP contribution in [0.4, 0.5) is 5.69 Å². The maximum Gasteiger partial charge on any atom is 0.253 e. The number of aromatic nitrogens is 3. The van der Waals surface area contributed by atoms with Crippen molar-refractivity contribution in [3.8, 4) is 28.6 Å². The molecule has 9 nitrogen and oxygen atoms in total. The maximum atomic E-state index is 12.8. The van der Waals surface area contributed by atoms with E-state index >= 15 is 0 Å². The number of hydrogen-bond acceptors (Lipinski definition) is 7. The predicted octanol–water partition coefficient (Wildman–Crippen LogP) is 4.88. The van der Waals surface area contributed by atoms with Gasteiger partial charge in [0.1, 0.15) is 0 Å². The monoisotopic (exact) mass is 529 g/mol. The highest BCUT2D eigenvalue weighted by molar-refractivity contribution is 7.99. The Hall–Kier alpha value is -4.31. The Kier molecular flexibility index (Phi) is 7.60. The molecular weight excluding hydrogens is 502 g/mol. The van der Waals surface area contributed by atoms with Gasteiger partial charge in [0.25, 0.3) is 5.91 Å². The average Bonchev–Trinajstić information content (AvgIpc) is 3.60. The molecule has 1 aliphatic heterocycles. The lowest BCUT2D eigenvalue weighted by Crippen LogP contribution is -2.30. The van der Waals surface area contributed by atoms with Crippen molar-refractivity contribution in [2.75, 3.05) is 31.0 Å². The van der Waals surface area contributed by atoms with Crippen LogP contribution in [-0.2, 0) is 4.79 Å². The van der Waals surface area contributed by atoms with E-state index in [2.05, 4.69) is 15.5 Å². The SMILES string of the molecule is CCN(CC)C(=O)c1ccc(NC(=O)CSc2nnc(-c3ccc4c(c3)OCO4)n2-c2ccccc2)cc1. The van der Waals surface area contributed by atoms with Crippen molar-refractivity contribution < 1.29 is 19.1 Å². The zero-order valence-electron chi connectivity index (χ0n) is 21.1. The van der Waals surface area contributed by atoms with E-state index in [0.29, 0.717) is 46.8 Å². The minimum absolute atomic E-state index is 0.0260. The van der Waals surface area contributed by atoms with Gasteiger partial charge in [0.05, 0.1) is 5.75 Å². The number of thioether (sulfide) groups is 1. The highest BCUT2D eigenvalue weighted by Gasteiger charge is 2.21. The molecule has 10 heteroatoms. The topological polar surface area (TPSA) is 98.6 Å². The van der Waals surface area contributed by atoms with Gasteiger partial charge >= 0.3 is 0 Å². The fraction of sp³-hybridized carbons (Fsp3) is 0.214. The summed E-state index contributed by atoms with van der Waals surface area (Å²) in [6.45, 7) is 5.38. The molecule has 194 valence electrons. The summed E-state index contributed by atoms with van der Waals surface area (Å²) in [6, 6.07) is 22.3. The van der Waals surface area contributed by atoms with Crippen LogP contribution in [-0.4, -0.2) is 57.1 Å². The Morgan fingerprint density at radius 2 is 1.68 bits per heavy atom. The van der Waals surface area contributed by atoms with Crippen molar-refractivity contribution in [2.24, 2.45) is 0 Å². The maximum absolute atomic E-state index is 12.8. The van der Waals surface area contributed by atoms with Crippen LogP contribution in [0.1, 0.15) is 24.2 Å². The predicted molar refractivity (Wildman–Crippen MR) is 146 cm³/mol. The fourth-order valence-corrected chi connectivity index (χ4v) is 4.86. The van der Waals surface area contributed by atoms with Gasteiger partial charge in [0, 0.05) is 35.6 Å². The molecule has 0 saturated heterocycles. The Labute approximate surface area is 224 Å². The van der Waals surface area contributed by atoms with Crippen molar-refractivity contribution >= 4 is 29.3 Å². The van der Waals surface area contributed by atoms with Gasteiger partial charge in [-0.15, -0.1) is 10.2 Å². The van der Waals surface area contributed by atoms with Crippen molar-refractivity contribution in [1.82, 2.24) is 19.7 Å². The Bertz CT molecular complexity index is 1440. The molecule has 0 radical (unpaired) electrons. The highest BCUT2D eigenvalue weighted by Crippen LogP contribution is 2.37. The molecule has 0 fully saturated rings. The molecule has 0 atom stereocenters. The second-order valence-electron chi connectivity index (χ2n) is 8.44. The number of ether oxygens (including phenoxy) is 2. The van der Waals surface area contributed by atoms with Gasteiger partial charge in [0.15, 0.2) is 22.5 Å². The minimum Gasteiger partial charge on any atom is -0.454 e. The number of carbonyl (C=O) groups is 2. The molecule has 5 rings (SSSR count). The van der Waals surface area contributed by atoms with E-state index in [4.69, 9.17) is 9.47 Å². The number of rotatable bonds is 9. The van der Waals surface area contributed by atoms with E-state index in [0.717, 1.165) is 11.3 Å². The van der Waals surface area contributed by atoms with Crippen molar-refractivity contribution in [3.05, 3.63) is 78.4 Å². The summed E-state index contributed by atoms with van der Waals surface area (Å²) in [6.07, 6.45) is 0. The van der Waals surface area contributed by atoms with E-state index < -0.39 is 0 Å². The summed E-state index contributed by atoms with van der Waals surface area (Å²) in [4.78, 5) is 27.0. The molecule has 0 aliphatic carbocycles. The second-order valence-corrected chi connectivity index (χ2v) is 9.38. The lowest BCUT2D eigenvalue weighted by Gasteiger charge is -2.18. The lowest BCUT2D eigenvalue weighted by atomic mass is 10.2. The van der Waals surface area contributed by atoms with E-state index in [-0.39, 0.29) is 24.4 Å². The van der Waals surface area contributed by atoms with Gasteiger partial charge in [-0.3, -0.25) is 14.2 Å². The number of nitrogens with one attached hydrogen (secondary N) is 1. The minimum atomic E-state index is -0.190. The zero-order valence-corrected chi connectivity index (χ0v) is 21.9. The van der Waals surface area contributed by atoms with Crippen LogP contribution in [0.3, 0.4) is 0 Å². The molecule has 4 aromatic rings. The highest BCUT2D eigenvalue weighted by atomic mass is 32.2. The summed E-state index contributed by atoms with van der Waals surface area (Å²) >= 11 is 1.29. The third-order valence-corrected chi connectivity index (χ3v) is 7.01. The van der Waals surface area contributed by atoms with Crippen LogP contribution in [0, 0.1) is 0 Å². The van der Waals surface area contributed by atoms with Crippen LogP contribution < -0.4 is 14.8 Å². The summed E-state index contributed by atoms with van der Waals surface area (Å²) in [7, 11) is 0. The van der Waals surface area contributed by atoms with Gasteiger partial charge in [-0.05, 0) is 68.4 Å². The smallest absolute Gasteiger partial charge is 0.253 e. The summed E-state index contributed by atoms with van der Waals surface area (Å²) in [5.74, 6) is 1.89. The molecule has 2 amide bonds. The third-order valence-electron chi connectivity index (χ3n) is 6.08. The van der Waals surface area contributed by atoms with Gasteiger partial charge in [-0.2, -0.15) is 0 Å². The molecule has 3 aromatic carbocycles. The van der Waals surface area contributed by atoms with Crippen molar-refractivity contribution in [1.29, 1.82) is 0 Å². The number of nitrogens with zero attached hydrogens (tertiary/aromatic N) is 4. The van der Waals surface area contributed by atoms with Crippen molar-refractivity contribution in [3.63, 3.8) is 0 Å². The normalized spacial score (nSPS) is 11.8. The lowest BCUT2D eigenvalue weighted by molar-refractivity contribution is -0.113. The molecule has 0 spiro atoms. The van der Waals surface area contributed by atoms with E-state index in [1.807, 2.05) is 66.9 Å². The van der Waals surface area contributed by atoms with Crippen LogP contribution in [0.5, 0.6) is 11.5 Å². The molecule has 1 N–H and O–H groups in total. The Morgan fingerprint density at radius 3 is 2.42 bits per heavy atom. The largest absolute Gasteiger partial charge is 0.454 e. The van der Waals surface area contributed by atoms with Crippen LogP contribution in [0.15, 0.2) is 78.0 Å². The Balaban J connectivity index is 1.31. The number of benzene rings is 3. The standard InChI is InChI=1S/C28H27N5O4S/c1-3-32(4-2)27(35)19-10-13-21(14-11-19)29-25(34)17-38-28-31-30-26(33(28)22-8-6-5-7-9-22)20-12-15-23-24(16-20)37-18-36-23/h5-16H,3-4,17-18H2,1-2H3,(H,29,34). The molecule has 0 unspecified atom stereocenters. The number of amides is 2. The molecule has 1 aliphatic rings. The number of anilines is 1. The zero-order chi connectivity index (χ0) is 26.5. The summed E-state index contributed by atoms with van der Waals surface area (Å²) < 4.78 is 12.9. The first-order chi connectivity index (χ1) is 18.6. The Morgan fingerprint density at radius 1 is 0.947 bits per heavy atom. The molecule has 38 heavy (non-hydrogen) atoms. The van der Waals surface area contributed by atoms with Crippen LogP contribution in [0.25, 0.3) is 17.1 Å². The van der Waals surface area contributed by atoms with E-state index in [1.165, 1.54) is 11.8 Å². The van der Waals surface area contributed by atoms with Crippen LogP contribution in [0.2, 0.25) is 0 Å². The number of carbonyl (C=O) groups excluding carboxylic acids is 2. The van der Waals surface area contributed by atoms with Gasteiger partial charge in [-0.1, -0.05) is 30.0 Å². The second kappa shape index (κ2) is 11.4. The molecule has 2 heterocycles. The van der Waals surface area contributed by atoms with Gasteiger partial charge < -0.3 is 19.7 Å². The number of para-hydroxylation sites is 1. The van der Waals surface area contributed by atoms with Gasteiger partial charge in [-0.25, -0.2) is 0 Å². The van der Waals surface area contributed by atoms with E-state index in [9.17, 15) is 9.59 Å². The number of hydrogen-bond donors (Lipinski definition) is 1. The molecule has 0 saturated carbocycles. The molecule has 0 bridgehead atoms. The van der Waals surface area contributed by atoms with Gasteiger partial charge in [0.2, 0.25) is 12.7 Å². The summed E-state index contributed by atoms with van der Waals surface area (Å²) in [5.41, 5.74) is 2.91. The fourth-order valence-electron chi connectivity index (χ4n) is 4.11. The quantitative estimate of drug-likeness (QED) is 0.309. The van der Waals surface area contributed by atoms with Crippen LogP contribution >= 0.6 is 11.8 Å². The first-order valence-electron chi connectivity index (χ1n) is 12.3. The first kappa shape index (κ1) is 25.3. The molecule has 1 aromatic heterocycles.